The Morgan fingerprint density at radius 2 is 1.92 bits per heavy atom. The quantitative estimate of drug-likeness (QED) is 0.530. The number of halogens is 3. The van der Waals surface area contributed by atoms with Gasteiger partial charge in [0.25, 0.3) is 0 Å². The lowest BCUT2D eigenvalue weighted by Crippen LogP contribution is -2.28. The molecule has 0 spiro atoms. The largest absolute Gasteiger partial charge is 0.417 e. The molecule has 1 N–H and O–H groups in total. The fourth-order valence-corrected chi connectivity index (χ4v) is 4.89. The van der Waals surface area contributed by atoms with Crippen molar-refractivity contribution in [1.82, 2.24) is 19.5 Å². The number of nitrogens with zero attached hydrogens (tertiary/aromatic N) is 4. The molecule has 0 aliphatic carbocycles. The Balaban J connectivity index is 1.33. The zero-order valence-electron chi connectivity index (χ0n) is 20.0. The molecule has 3 fully saturated rings. The first-order valence-corrected chi connectivity index (χ1v) is 11.9. The molecule has 3 aliphatic heterocycles. The second-order valence-electron chi connectivity index (χ2n) is 9.58. The van der Waals surface area contributed by atoms with Crippen LogP contribution in [0.3, 0.4) is 0 Å². The van der Waals surface area contributed by atoms with Crippen molar-refractivity contribution in [2.45, 2.75) is 62.8 Å². The Hall–Kier alpha value is -3.24. The van der Waals surface area contributed by atoms with Gasteiger partial charge in [0, 0.05) is 12.2 Å². The number of imidazole rings is 1. The lowest BCUT2D eigenvalue weighted by molar-refractivity contribution is -0.190. The Bertz CT molecular complexity index is 1380. The minimum Gasteiger partial charge on any atom is -0.379 e. The van der Waals surface area contributed by atoms with Gasteiger partial charge >= 0.3 is 6.18 Å². The molecule has 3 aliphatic rings. The van der Waals surface area contributed by atoms with E-state index in [4.69, 9.17) is 18.9 Å². The van der Waals surface area contributed by atoms with Crippen LogP contribution < -0.4 is 5.32 Å². The third-order valence-corrected chi connectivity index (χ3v) is 6.51. The van der Waals surface area contributed by atoms with E-state index in [-0.39, 0.29) is 11.6 Å². The molecular weight excluding hydrogens is 491 g/mol. The lowest BCUT2D eigenvalue weighted by Gasteiger charge is -2.23. The van der Waals surface area contributed by atoms with Gasteiger partial charge in [0.1, 0.15) is 24.6 Å². The first kappa shape index (κ1) is 24.1. The van der Waals surface area contributed by atoms with Crippen LogP contribution in [0, 0.1) is 11.8 Å². The number of ether oxygens (including phenoxy) is 4. The van der Waals surface area contributed by atoms with Crippen LogP contribution in [-0.2, 0) is 25.1 Å². The van der Waals surface area contributed by atoms with Gasteiger partial charge in [0.2, 0.25) is 0 Å². The van der Waals surface area contributed by atoms with Gasteiger partial charge in [-0.05, 0) is 32.4 Å². The Labute approximate surface area is 210 Å². The van der Waals surface area contributed by atoms with E-state index in [0.717, 1.165) is 12.5 Å². The van der Waals surface area contributed by atoms with Crippen molar-refractivity contribution in [1.29, 1.82) is 0 Å². The SMILES string of the molecule is CC1(C)OC2C(C#Cc3ccccc3C(F)(F)F)OC(n3cnc4c(NC5CCOC5)ncnc43)C2O1. The topological polar surface area (TPSA) is 92.6 Å². The maximum absolute atomic E-state index is 13.4. The van der Waals surface area contributed by atoms with E-state index < -0.39 is 42.1 Å². The third kappa shape index (κ3) is 4.53. The molecule has 3 aromatic rings. The summed E-state index contributed by atoms with van der Waals surface area (Å²) in [6, 6.07) is 5.31. The smallest absolute Gasteiger partial charge is 0.379 e. The van der Waals surface area contributed by atoms with Crippen LogP contribution in [0.4, 0.5) is 19.0 Å². The summed E-state index contributed by atoms with van der Waals surface area (Å²) in [7, 11) is 0. The average molecular weight is 515 g/mol. The first-order chi connectivity index (χ1) is 17.7. The number of nitrogens with one attached hydrogen (secondary N) is 1. The van der Waals surface area contributed by atoms with E-state index in [9.17, 15) is 13.2 Å². The number of rotatable bonds is 3. The van der Waals surface area contributed by atoms with E-state index in [1.807, 2.05) is 0 Å². The molecule has 5 unspecified atom stereocenters. The molecule has 2 aromatic heterocycles. The normalized spacial score (nSPS) is 28.7. The maximum atomic E-state index is 13.4. The van der Waals surface area contributed by atoms with Gasteiger partial charge in [-0.15, -0.1) is 0 Å². The van der Waals surface area contributed by atoms with E-state index in [1.54, 1.807) is 24.7 Å². The van der Waals surface area contributed by atoms with Crippen LogP contribution in [0.15, 0.2) is 36.9 Å². The first-order valence-electron chi connectivity index (χ1n) is 11.9. The summed E-state index contributed by atoms with van der Waals surface area (Å²) in [4.78, 5) is 13.3. The van der Waals surface area contributed by atoms with Gasteiger partial charge < -0.3 is 24.3 Å². The molecule has 6 rings (SSSR count). The molecule has 5 heterocycles. The number of alkyl halides is 3. The van der Waals surface area contributed by atoms with Crippen molar-refractivity contribution in [2.75, 3.05) is 18.5 Å². The summed E-state index contributed by atoms with van der Waals surface area (Å²) in [5.74, 6) is 5.15. The summed E-state index contributed by atoms with van der Waals surface area (Å²) in [6.45, 7) is 4.81. The van der Waals surface area contributed by atoms with Crippen molar-refractivity contribution in [3.8, 4) is 11.8 Å². The Morgan fingerprint density at radius 3 is 2.70 bits per heavy atom. The van der Waals surface area contributed by atoms with Gasteiger partial charge in [0.15, 0.2) is 29.0 Å². The fourth-order valence-electron chi connectivity index (χ4n) is 4.89. The van der Waals surface area contributed by atoms with Gasteiger partial charge in [-0.25, -0.2) is 15.0 Å². The summed E-state index contributed by atoms with van der Waals surface area (Å²) in [5.41, 5.74) is 0.137. The van der Waals surface area contributed by atoms with Crippen LogP contribution in [0.5, 0.6) is 0 Å². The minimum absolute atomic E-state index is 0.127. The molecule has 3 saturated heterocycles. The predicted octanol–water partition coefficient (Wildman–Crippen LogP) is 3.52. The molecule has 0 saturated carbocycles. The van der Waals surface area contributed by atoms with Crippen molar-refractivity contribution in [3.63, 3.8) is 0 Å². The maximum Gasteiger partial charge on any atom is 0.417 e. The van der Waals surface area contributed by atoms with Crippen molar-refractivity contribution in [2.24, 2.45) is 0 Å². The van der Waals surface area contributed by atoms with Gasteiger partial charge in [0.05, 0.1) is 24.5 Å². The molecule has 9 nitrogen and oxygen atoms in total. The Kier molecular flexibility index (Phi) is 5.83. The van der Waals surface area contributed by atoms with Crippen LogP contribution in [-0.4, -0.2) is 62.9 Å². The standard InChI is InChI=1S/C25H24F3N5O4/c1-24(2)36-19-17(8-7-14-5-3-4-6-16(14)25(26,27)28)35-23(20(19)37-24)33-13-31-18-21(29-12-30-22(18)33)32-15-9-10-34-11-15/h3-6,12-13,15,17,19-20,23H,9-11H2,1-2H3,(H,29,30,32). The fraction of sp³-hybridized carbons (Fsp3) is 0.480. The lowest BCUT2D eigenvalue weighted by atomic mass is 10.1. The molecule has 0 bridgehead atoms. The van der Waals surface area contributed by atoms with Crippen molar-refractivity contribution in [3.05, 3.63) is 48.0 Å². The molecule has 5 atom stereocenters. The van der Waals surface area contributed by atoms with E-state index in [2.05, 4.69) is 32.1 Å². The molecular formula is C25H24F3N5O4. The number of benzene rings is 1. The van der Waals surface area contributed by atoms with E-state index in [1.165, 1.54) is 24.5 Å². The number of fused-ring (bicyclic) bond motifs is 2. The zero-order valence-corrected chi connectivity index (χ0v) is 20.0. The number of aromatic nitrogens is 4. The second kappa shape index (κ2) is 8.95. The Morgan fingerprint density at radius 1 is 1.11 bits per heavy atom. The van der Waals surface area contributed by atoms with E-state index in [0.29, 0.717) is 30.2 Å². The highest BCUT2D eigenvalue weighted by atomic mass is 19.4. The molecule has 1 aromatic carbocycles. The van der Waals surface area contributed by atoms with Gasteiger partial charge in [-0.2, -0.15) is 13.2 Å². The van der Waals surface area contributed by atoms with Gasteiger partial charge in [-0.1, -0.05) is 24.0 Å². The number of hydrogen-bond donors (Lipinski definition) is 1. The zero-order chi connectivity index (χ0) is 25.8. The van der Waals surface area contributed by atoms with Crippen molar-refractivity contribution >= 4 is 17.0 Å². The minimum atomic E-state index is -4.52. The average Bonchev–Trinajstić information content (AvgIpc) is 3.62. The predicted molar refractivity (Wildman–Crippen MR) is 124 cm³/mol. The highest BCUT2D eigenvalue weighted by Gasteiger charge is 2.56. The molecule has 0 radical (unpaired) electrons. The molecule has 0 amide bonds. The highest BCUT2D eigenvalue weighted by molar-refractivity contribution is 5.82. The van der Waals surface area contributed by atoms with Crippen LogP contribution in [0.1, 0.15) is 37.6 Å². The summed E-state index contributed by atoms with van der Waals surface area (Å²) >= 11 is 0. The molecule has 12 heteroatoms. The summed E-state index contributed by atoms with van der Waals surface area (Å²) < 4.78 is 65.9. The third-order valence-electron chi connectivity index (χ3n) is 6.51. The summed E-state index contributed by atoms with van der Waals surface area (Å²) in [5, 5.41) is 3.35. The number of anilines is 1. The molecule has 194 valence electrons. The monoisotopic (exact) mass is 515 g/mol. The van der Waals surface area contributed by atoms with Crippen LogP contribution in [0.2, 0.25) is 0 Å². The van der Waals surface area contributed by atoms with Gasteiger partial charge in [-0.3, -0.25) is 4.57 Å². The summed E-state index contributed by atoms with van der Waals surface area (Å²) in [6.07, 6.45) is -3.41. The van der Waals surface area contributed by atoms with Crippen molar-refractivity contribution < 1.29 is 32.1 Å². The van der Waals surface area contributed by atoms with Crippen LogP contribution >= 0.6 is 0 Å². The molecule has 37 heavy (non-hydrogen) atoms. The highest BCUT2D eigenvalue weighted by Crippen LogP contribution is 2.44. The van der Waals surface area contributed by atoms with Crippen LogP contribution in [0.25, 0.3) is 11.2 Å². The number of hydrogen-bond acceptors (Lipinski definition) is 8. The van der Waals surface area contributed by atoms with E-state index >= 15 is 0 Å². The second-order valence-corrected chi connectivity index (χ2v) is 9.58.